The van der Waals surface area contributed by atoms with Gasteiger partial charge in [0.15, 0.2) is 5.69 Å². The topological polar surface area (TPSA) is 139 Å². The highest BCUT2D eigenvalue weighted by atomic mass is 35.5. The monoisotopic (exact) mass is 475 g/mol. The van der Waals surface area contributed by atoms with E-state index in [1.165, 1.54) is 16.8 Å². The molecule has 0 spiro atoms. The van der Waals surface area contributed by atoms with Crippen molar-refractivity contribution in [2.45, 2.75) is 31.2 Å². The van der Waals surface area contributed by atoms with Gasteiger partial charge in [0.2, 0.25) is 5.91 Å². The second kappa shape index (κ2) is 8.34. The smallest absolute Gasteiger partial charge is 0.287 e. The molecule has 1 aliphatic rings. The third-order valence-corrected chi connectivity index (χ3v) is 6.60. The molecular weight excluding hydrogens is 458 g/mol. The first-order valence-electron chi connectivity index (χ1n) is 9.65. The minimum atomic E-state index is -4.26. The van der Waals surface area contributed by atoms with Gasteiger partial charge in [-0.05, 0) is 30.2 Å². The summed E-state index contributed by atoms with van der Waals surface area (Å²) in [5, 5.41) is 7.17. The number of nitrogens with zero attached hydrogens (tertiary/aromatic N) is 2. The maximum Gasteiger partial charge on any atom is 0.287 e. The number of rotatable bonds is 6. The molecule has 1 aromatic heterocycles. The van der Waals surface area contributed by atoms with Crippen LogP contribution in [0.3, 0.4) is 0 Å². The van der Waals surface area contributed by atoms with Crippen LogP contribution in [0.4, 0.5) is 5.69 Å². The van der Waals surface area contributed by atoms with Crippen LogP contribution in [0, 0.1) is 0 Å². The van der Waals surface area contributed by atoms with E-state index < -0.39 is 15.9 Å². The Bertz CT molecular complexity index is 1430. The van der Waals surface area contributed by atoms with E-state index in [0.29, 0.717) is 35.0 Å². The molecule has 0 saturated carbocycles. The first kappa shape index (κ1) is 21.9. The lowest BCUT2D eigenvalue weighted by Crippen LogP contribution is -2.42. The number of hydrogen-bond acceptors (Lipinski definition) is 6. The highest BCUT2D eigenvalue weighted by molar-refractivity contribution is 7.89. The Balaban J connectivity index is 1.64. The van der Waals surface area contributed by atoms with Crippen molar-refractivity contribution in [2.75, 3.05) is 5.32 Å². The molecule has 0 saturated heterocycles. The van der Waals surface area contributed by atoms with Crippen LogP contribution in [-0.4, -0.2) is 30.0 Å². The Kier molecular flexibility index (Phi) is 5.71. The fourth-order valence-corrected chi connectivity index (χ4v) is 4.84. The molecule has 32 heavy (non-hydrogen) atoms. The number of aromatic nitrogens is 2. The first-order valence-corrected chi connectivity index (χ1v) is 11.5. The van der Waals surface area contributed by atoms with Gasteiger partial charge in [-0.15, -0.1) is 4.83 Å². The maximum atomic E-state index is 12.8. The number of sulfonamides is 1. The van der Waals surface area contributed by atoms with Crippen molar-refractivity contribution in [3.8, 4) is 0 Å². The van der Waals surface area contributed by atoms with E-state index in [0.717, 1.165) is 0 Å². The molecular formula is C20H18ClN5O5S. The number of hydrazine groups is 1. The van der Waals surface area contributed by atoms with Crippen LogP contribution in [-0.2, 0) is 27.8 Å². The Morgan fingerprint density at radius 2 is 1.94 bits per heavy atom. The van der Waals surface area contributed by atoms with Crippen LogP contribution in [0.5, 0.6) is 0 Å². The third-order valence-electron chi connectivity index (χ3n) is 4.89. The lowest BCUT2D eigenvalue weighted by molar-refractivity contribution is -0.115. The van der Waals surface area contributed by atoms with Crippen molar-refractivity contribution >= 4 is 49.9 Å². The van der Waals surface area contributed by atoms with Crippen LogP contribution in [0.15, 0.2) is 46.1 Å². The van der Waals surface area contributed by atoms with E-state index in [1.807, 2.05) is 11.8 Å². The Hall–Kier alpha value is -3.28. The summed E-state index contributed by atoms with van der Waals surface area (Å²) in [5.74, 6) is -1.12. The highest BCUT2D eigenvalue weighted by Crippen LogP contribution is 2.32. The number of carbonyl (C=O) groups excluding carboxylic acids is 2. The molecule has 0 aliphatic carbocycles. The normalized spacial score (nSPS) is 13.1. The van der Waals surface area contributed by atoms with Gasteiger partial charge in [-0.1, -0.05) is 36.7 Å². The SMILES string of the molecule is CCCn1nc(C(=O)NNS(=O)(=O)c2cc3c(cc2Cl)NC(=O)C3)c2ccccc2c1=O. The number of anilines is 1. The van der Waals surface area contributed by atoms with Gasteiger partial charge in [0.05, 0.1) is 16.8 Å². The molecule has 0 radical (unpaired) electrons. The number of benzene rings is 2. The number of aryl methyl sites for hydroxylation is 1. The van der Waals surface area contributed by atoms with E-state index in [9.17, 15) is 22.8 Å². The van der Waals surface area contributed by atoms with Crippen molar-refractivity contribution < 1.29 is 18.0 Å². The van der Waals surface area contributed by atoms with Gasteiger partial charge in [-0.2, -0.15) is 5.10 Å². The predicted molar refractivity (Wildman–Crippen MR) is 118 cm³/mol. The number of hydrogen-bond donors (Lipinski definition) is 3. The van der Waals surface area contributed by atoms with Crippen LogP contribution < -0.4 is 21.1 Å². The summed E-state index contributed by atoms with van der Waals surface area (Å²) >= 11 is 6.09. The summed E-state index contributed by atoms with van der Waals surface area (Å²) < 4.78 is 26.7. The fourth-order valence-electron chi connectivity index (χ4n) is 3.43. The molecule has 166 valence electrons. The molecule has 3 aromatic rings. The molecule has 2 aromatic carbocycles. The van der Waals surface area contributed by atoms with Gasteiger partial charge in [0.25, 0.3) is 21.5 Å². The van der Waals surface area contributed by atoms with E-state index in [4.69, 9.17) is 11.6 Å². The molecule has 0 bridgehead atoms. The maximum absolute atomic E-state index is 12.8. The summed E-state index contributed by atoms with van der Waals surface area (Å²) in [6.07, 6.45) is 0.642. The van der Waals surface area contributed by atoms with E-state index in [1.54, 1.807) is 24.3 Å². The predicted octanol–water partition coefficient (Wildman–Crippen LogP) is 1.58. The molecule has 2 amide bonds. The number of amides is 2. The average molecular weight is 476 g/mol. The number of halogens is 1. The Labute approximate surface area is 187 Å². The molecule has 0 fully saturated rings. The average Bonchev–Trinajstić information content (AvgIpc) is 3.12. The lowest BCUT2D eigenvalue weighted by Gasteiger charge is -2.13. The van der Waals surface area contributed by atoms with Gasteiger partial charge in [0, 0.05) is 17.6 Å². The number of nitrogens with one attached hydrogen (secondary N) is 3. The lowest BCUT2D eigenvalue weighted by atomic mass is 10.1. The van der Waals surface area contributed by atoms with Crippen molar-refractivity contribution in [1.82, 2.24) is 20.0 Å². The summed E-state index contributed by atoms with van der Waals surface area (Å²) in [4.78, 5) is 38.6. The van der Waals surface area contributed by atoms with Crippen molar-refractivity contribution in [2.24, 2.45) is 0 Å². The minimum Gasteiger partial charge on any atom is -0.325 e. The van der Waals surface area contributed by atoms with Crippen molar-refractivity contribution in [3.63, 3.8) is 0 Å². The van der Waals surface area contributed by atoms with E-state index >= 15 is 0 Å². The van der Waals surface area contributed by atoms with Crippen LogP contribution in [0.25, 0.3) is 10.8 Å². The van der Waals surface area contributed by atoms with E-state index in [2.05, 4.69) is 15.8 Å². The standard InChI is InChI=1S/C20H18ClN5O5S/c1-2-7-26-20(29)13-6-4-3-5-12(13)18(24-26)19(28)23-25-32(30,31)16-8-11-9-17(27)22-15(11)10-14(16)21/h3-6,8,10,25H,2,7,9H2,1H3,(H,22,27)(H,23,28). The second-order valence-corrected chi connectivity index (χ2v) is 9.20. The van der Waals surface area contributed by atoms with Crippen LogP contribution in [0.1, 0.15) is 29.4 Å². The zero-order chi connectivity index (χ0) is 23.0. The zero-order valence-corrected chi connectivity index (χ0v) is 18.4. The summed E-state index contributed by atoms with van der Waals surface area (Å²) in [5.41, 5.74) is 2.60. The zero-order valence-electron chi connectivity index (χ0n) is 16.8. The van der Waals surface area contributed by atoms with Gasteiger partial charge in [0.1, 0.15) is 4.90 Å². The first-order chi connectivity index (χ1) is 15.2. The van der Waals surface area contributed by atoms with Crippen LogP contribution >= 0.6 is 11.6 Å². The van der Waals surface area contributed by atoms with Crippen molar-refractivity contribution in [1.29, 1.82) is 0 Å². The second-order valence-electron chi connectivity index (χ2n) is 7.15. The molecule has 2 heterocycles. The molecule has 12 heteroatoms. The quantitative estimate of drug-likeness (QED) is 0.462. The largest absolute Gasteiger partial charge is 0.325 e. The van der Waals surface area contributed by atoms with Crippen LogP contribution in [0.2, 0.25) is 5.02 Å². The van der Waals surface area contributed by atoms with Gasteiger partial charge in [-0.25, -0.2) is 13.1 Å². The molecule has 0 atom stereocenters. The van der Waals surface area contributed by atoms with Crippen molar-refractivity contribution in [3.05, 3.63) is 63.0 Å². The Morgan fingerprint density at radius 1 is 1.22 bits per heavy atom. The molecule has 10 nitrogen and oxygen atoms in total. The molecule has 3 N–H and O–H groups in total. The van der Waals surface area contributed by atoms with Gasteiger partial charge in [-0.3, -0.25) is 19.8 Å². The third kappa shape index (κ3) is 3.97. The van der Waals surface area contributed by atoms with Gasteiger partial charge < -0.3 is 5.32 Å². The van der Waals surface area contributed by atoms with E-state index in [-0.39, 0.29) is 33.5 Å². The summed E-state index contributed by atoms with van der Waals surface area (Å²) in [7, 11) is -4.26. The minimum absolute atomic E-state index is 0.0241. The number of fused-ring (bicyclic) bond motifs is 2. The summed E-state index contributed by atoms with van der Waals surface area (Å²) in [6, 6.07) is 9.07. The molecule has 1 aliphatic heterocycles. The fraction of sp³-hybridized carbons (Fsp3) is 0.200. The van der Waals surface area contributed by atoms with Gasteiger partial charge >= 0.3 is 0 Å². The highest BCUT2D eigenvalue weighted by Gasteiger charge is 2.26. The molecule has 4 rings (SSSR count). The Morgan fingerprint density at radius 3 is 2.66 bits per heavy atom. The summed E-state index contributed by atoms with van der Waals surface area (Å²) in [6.45, 7) is 2.16. The molecule has 0 unspecified atom stereocenters. The number of carbonyl (C=O) groups is 2.